The molecule has 3 heterocycles. The molecule has 30 heavy (non-hydrogen) atoms. The SMILES string of the molecule is CC(=O)N1c2ccc(-c3cnn(C4COC4)c3)cc2N(C(=O)CC(F)(F)F)CC1C. The molecule has 2 aromatic rings. The number of halogens is 3. The molecule has 1 aromatic carbocycles. The van der Waals surface area contributed by atoms with Crippen molar-refractivity contribution in [1.82, 2.24) is 9.78 Å². The molecule has 2 aliphatic rings. The highest BCUT2D eigenvalue weighted by molar-refractivity contribution is 6.05. The third-order valence-electron chi connectivity index (χ3n) is 5.33. The Morgan fingerprint density at radius 3 is 2.53 bits per heavy atom. The quantitative estimate of drug-likeness (QED) is 0.762. The molecular weight excluding hydrogens is 401 g/mol. The fraction of sp³-hybridized carbons (Fsp3) is 0.450. The Morgan fingerprint density at radius 1 is 1.20 bits per heavy atom. The van der Waals surface area contributed by atoms with Crippen LogP contribution in [0.15, 0.2) is 30.6 Å². The number of rotatable bonds is 3. The fourth-order valence-corrected chi connectivity index (χ4v) is 3.85. The zero-order valence-electron chi connectivity index (χ0n) is 16.5. The lowest BCUT2D eigenvalue weighted by molar-refractivity contribution is -0.152. The van der Waals surface area contributed by atoms with E-state index in [4.69, 9.17) is 4.74 Å². The Morgan fingerprint density at radius 2 is 1.93 bits per heavy atom. The van der Waals surface area contributed by atoms with Gasteiger partial charge in [-0.15, -0.1) is 0 Å². The lowest BCUT2D eigenvalue weighted by Crippen LogP contribution is -2.52. The first-order valence-electron chi connectivity index (χ1n) is 9.57. The van der Waals surface area contributed by atoms with Crippen LogP contribution in [-0.2, 0) is 14.3 Å². The van der Waals surface area contributed by atoms with Crippen LogP contribution < -0.4 is 9.80 Å². The molecule has 1 fully saturated rings. The minimum Gasteiger partial charge on any atom is -0.377 e. The fourth-order valence-electron chi connectivity index (χ4n) is 3.85. The minimum absolute atomic E-state index is 0.0103. The molecule has 7 nitrogen and oxygen atoms in total. The summed E-state index contributed by atoms with van der Waals surface area (Å²) in [5.41, 5.74) is 2.17. The summed E-state index contributed by atoms with van der Waals surface area (Å²) < 4.78 is 45.6. The molecule has 0 saturated carbocycles. The molecule has 0 radical (unpaired) electrons. The van der Waals surface area contributed by atoms with E-state index >= 15 is 0 Å². The third kappa shape index (κ3) is 3.79. The molecule has 160 valence electrons. The molecular formula is C20H21F3N4O3. The van der Waals surface area contributed by atoms with Gasteiger partial charge in [-0.1, -0.05) is 6.07 Å². The number of fused-ring (bicyclic) bond motifs is 1. The largest absolute Gasteiger partial charge is 0.397 e. The maximum Gasteiger partial charge on any atom is 0.397 e. The lowest BCUT2D eigenvalue weighted by Gasteiger charge is -2.41. The molecule has 0 aliphatic carbocycles. The second-order valence-corrected chi connectivity index (χ2v) is 7.64. The van der Waals surface area contributed by atoms with Crippen LogP contribution in [0.4, 0.5) is 24.5 Å². The summed E-state index contributed by atoms with van der Waals surface area (Å²) in [7, 11) is 0. The summed E-state index contributed by atoms with van der Waals surface area (Å²) in [5.74, 6) is -1.28. The highest BCUT2D eigenvalue weighted by atomic mass is 19.4. The van der Waals surface area contributed by atoms with Gasteiger partial charge in [0, 0.05) is 25.2 Å². The lowest BCUT2D eigenvalue weighted by atomic mass is 10.0. The zero-order valence-corrected chi connectivity index (χ0v) is 16.5. The van der Waals surface area contributed by atoms with Gasteiger partial charge in [-0.05, 0) is 24.6 Å². The van der Waals surface area contributed by atoms with Crippen molar-refractivity contribution in [2.24, 2.45) is 0 Å². The van der Waals surface area contributed by atoms with Gasteiger partial charge in [0.1, 0.15) is 6.42 Å². The number of carbonyl (C=O) groups is 2. The third-order valence-corrected chi connectivity index (χ3v) is 5.33. The molecule has 0 spiro atoms. The monoisotopic (exact) mass is 422 g/mol. The summed E-state index contributed by atoms with van der Waals surface area (Å²) in [6.45, 7) is 4.25. The van der Waals surface area contributed by atoms with Crippen molar-refractivity contribution < 1.29 is 27.5 Å². The van der Waals surface area contributed by atoms with Crippen molar-refractivity contribution in [2.75, 3.05) is 29.6 Å². The van der Waals surface area contributed by atoms with Crippen LogP contribution in [0.25, 0.3) is 11.1 Å². The van der Waals surface area contributed by atoms with Crippen LogP contribution in [0.5, 0.6) is 0 Å². The predicted octanol–water partition coefficient (Wildman–Crippen LogP) is 3.16. The van der Waals surface area contributed by atoms with Crippen molar-refractivity contribution in [3.63, 3.8) is 0 Å². The number of nitrogens with zero attached hydrogens (tertiary/aromatic N) is 4. The van der Waals surface area contributed by atoms with Crippen LogP contribution in [0.3, 0.4) is 0 Å². The first kappa shape index (κ1) is 20.4. The van der Waals surface area contributed by atoms with Gasteiger partial charge in [-0.25, -0.2) is 0 Å². The molecule has 10 heteroatoms. The molecule has 1 unspecified atom stereocenters. The van der Waals surface area contributed by atoms with Crippen LogP contribution in [-0.4, -0.2) is 53.6 Å². The van der Waals surface area contributed by atoms with E-state index in [0.717, 1.165) is 10.5 Å². The first-order chi connectivity index (χ1) is 14.1. The van der Waals surface area contributed by atoms with E-state index in [1.54, 1.807) is 36.0 Å². The van der Waals surface area contributed by atoms with Crippen LogP contribution in [0, 0.1) is 0 Å². The second kappa shape index (κ2) is 7.42. The number of alkyl halides is 3. The van der Waals surface area contributed by atoms with Crippen molar-refractivity contribution >= 4 is 23.2 Å². The van der Waals surface area contributed by atoms with E-state index in [9.17, 15) is 22.8 Å². The zero-order chi connectivity index (χ0) is 21.6. The minimum atomic E-state index is -4.61. The van der Waals surface area contributed by atoms with E-state index in [1.807, 2.05) is 6.20 Å². The Bertz CT molecular complexity index is 984. The normalized spacial score (nSPS) is 19.4. The van der Waals surface area contributed by atoms with E-state index in [2.05, 4.69) is 5.10 Å². The predicted molar refractivity (Wildman–Crippen MR) is 103 cm³/mol. The van der Waals surface area contributed by atoms with Crippen molar-refractivity contribution in [1.29, 1.82) is 0 Å². The van der Waals surface area contributed by atoms with Gasteiger partial charge in [-0.2, -0.15) is 18.3 Å². The number of hydrogen-bond acceptors (Lipinski definition) is 4. The highest BCUT2D eigenvalue weighted by Crippen LogP contribution is 2.40. The average Bonchev–Trinajstić information content (AvgIpc) is 3.06. The Balaban J connectivity index is 1.73. The molecule has 2 amide bonds. The smallest absolute Gasteiger partial charge is 0.377 e. The summed E-state index contributed by atoms with van der Waals surface area (Å²) >= 11 is 0. The number of hydrogen-bond donors (Lipinski definition) is 0. The molecule has 1 saturated heterocycles. The van der Waals surface area contributed by atoms with Gasteiger partial charge in [0.2, 0.25) is 11.8 Å². The number of amides is 2. The number of benzene rings is 1. The Hall–Kier alpha value is -2.88. The van der Waals surface area contributed by atoms with Crippen molar-refractivity contribution in [3.05, 3.63) is 30.6 Å². The molecule has 0 N–H and O–H groups in total. The van der Waals surface area contributed by atoms with Crippen LogP contribution in [0.2, 0.25) is 0 Å². The van der Waals surface area contributed by atoms with Gasteiger partial charge in [0.15, 0.2) is 0 Å². The van der Waals surface area contributed by atoms with E-state index < -0.39 is 24.5 Å². The van der Waals surface area contributed by atoms with Crippen LogP contribution in [0.1, 0.15) is 26.3 Å². The maximum atomic E-state index is 12.9. The van der Waals surface area contributed by atoms with Gasteiger partial charge < -0.3 is 14.5 Å². The topological polar surface area (TPSA) is 67.7 Å². The average molecular weight is 422 g/mol. The summed E-state index contributed by atoms with van der Waals surface area (Å²) in [6.07, 6.45) is -2.66. The molecule has 1 aromatic heterocycles. The second-order valence-electron chi connectivity index (χ2n) is 7.64. The van der Waals surface area contributed by atoms with Gasteiger partial charge >= 0.3 is 6.18 Å². The van der Waals surface area contributed by atoms with Gasteiger partial charge in [0.25, 0.3) is 0 Å². The van der Waals surface area contributed by atoms with Crippen LogP contribution >= 0.6 is 0 Å². The van der Waals surface area contributed by atoms with Gasteiger partial charge in [0.05, 0.1) is 42.9 Å². The summed E-state index contributed by atoms with van der Waals surface area (Å²) in [6, 6.07) is 4.80. The summed E-state index contributed by atoms with van der Waals surface area (Å²) in [5, 5.41) is 4.33. The first-order valence-corrected chi connectivity index (χ1v) is 9.57. The standard InChI is InChI=1S/C20H21F3N4O3/c1-12-8-25(19(29)6-20(21,22)23)18-5-14(3-4-17(18)27(12)13(2)28)15-7-24-26(9-15)16-10-30-11-16/h3-5,7,9,12,16H,6,8,10-11H2,1-2H3. The number of ether oxygens (including phenoxy) is 1. The van der Waals surface area contributed by atoms with E-state index in [-0.39, 0.29) is 24.2 Å². The molecule has 4 rings (SSSR count). The number of aromatic nitrogens is 2. The number of carbonyl (C=O) groups excluding carboxylic acids is 2. The van der Waals surface area contributed by atoms with Crippen molar-refractivity contribution in [3.8, 4) is 11.1 Å². The Kier molecular flexibility index (Phi) is 5.05. The molecule has 2 aliphatic heterocycles. The maximum absolute atomic E-state index is 12.9. The number of anilines is 2. The summed E-state index contributed by atoms with van der Waals surface area (Å²) in [4.78, 5) is 27.3. The van der Waals surface area contributed by atoms with Crippen molar-refractivity contribution in [2.45, 2.75) is 38.5 Å². The molecule has 1 atom stereocenters. The van der Waals surface area contributed by atoms with E-state index in [0.29, 0.717) is 24.5 Å². The Labute approximate surface area is 171 Å². The highest BCUT2D eigenvalue weighted by Gasteiger charge is 2.39. The molecule has 0 bridgehead atoms. The van der Waals surface area contributed by atoms with Gasteiger partial charge in [-0.3, -0.25) is 14.3 Å². The van der Waals surface area contributed by atoms with E-state index in [1.165, 1.54) is 11.8 Å².